The molecule has 2 aromatic carbocycles. The van der Waals surface area contributed by atoms with Crippen molar-refractivity contribution in [2.45, 2.75) is 77.7 Å². The predicted molar refractivity (Wildman–Crippen MR) is 117 cm³/mol. The maximum Gasteiger partial charge on any atom is 0.168 e. The second-order valence-electron chi connectivity index (χ2n) is 8.30. The largest absolute Gasteiger partial charge is 0.493 e. The van der Waals surface area contributed by atoms with E-state index in [2.05, 4.69) is 38.1 Å². The molecule has 1 fully saturated rings. The quantitative estimate of drug-likeness (QED) is 0.382. The van der Waals surface area contributed by atoms with Crippen LogP contribution in [0.15, 0.2) is 42.5 Å². The second-order valence-corrected chi connectivity index (χ2v) is 8.30. The van der Waals surface area contributed by atoms with Gasteiger partial charge in [-0.2, -0.15) is 0 Å². The number of hydrogen-bond donors (Lipinski definition) is 0. The number of benzene rings is 2. The van der Waals surface area contributed by atoms with E-state index in [1.165, 1.54) is 43.7 Å². The first kappa shape index (κ1) is 21.7. The first-order valence-corrected chi connectivity index (χ1v) is 11.3. The van der Waals surface area contributed by atoms with Crippen LogP contribution in [0.5, 0.6) is 11.5 Å². The Kier molecular flexibility index (Phi) is 8.39. The van der Waals surface area contributed by atoms with E-state index in [-0.39, 0.29) is 11.6 Å². The highest BCUT2D eigenvalue weighted by molar-refractivity contribution is 5.33. The van der Waals surface area contributed by atoms with Gasteiger partial charge in [0.25, 0.3) is 0 Å². The van der Waals surface area contributed by atoms with Crippen molar-refractivity contribution in [1.29, 1.82) is 0 Å². The molecule has 158 valence electrons. The molecule has 0 aromatic heterocycles. The molecule has 0 heterocycles. The van der Waals surface area contributed by atoms with E-state index in [0.717, 1.165) is 30.7 Å². The topological polar surface area (TPSA) is 18.5 Å². The summed E-state index contributed by atoms with van der Waals surface area (Å²) in [6.07, 6.45) is 9.87. The maximum atomic E-state index is 14.3. The Morgan fingerprint density at radius 3 is 2.31 bits per heavy atom. The van der Waals surface area contributed by atoms with Crippen LogP contribution in [0.4, 0.5) is 4.39 Å². The van der Waals surface area contributed by atoms with Gasteiger partial charge in [0.2, 0.25) is 0 Å². The third-order valence-electron chi connectivity index (χ3n) is 6.19. The Balaban J connectivity index is 1.48. The molecule has 1 aliphatic carbocycles. The fourth-order valence-corrected chi connectivity index (χ4v) is 4.18. The van der Waals surface area contributed by atoms with E-state index in [9.17, 15) is 4.39 Å². The van der Waals surface area contributed by atoms with Crippen molar-refractivity contribution in [3.05, 3.63) is 59.4 Å². The Morgan fingerprint density at radius 2 is 1.66 bits per heavy atom. The summed E-state index contributed by atoms with van der Waals surface area (Å²) < 4.78 is 25.6. The third-order valence-corrected chi connectivity index (χ3v) is 6.19. The van der Waals surface area contributed by atoms with Gasteiger partial charge in [0.1, 0.15) is 12.4 Å². The summed E-state index contributed by atoms with van der Waals surface area (Å²) in [6, 6.07) is 13.5. The smallest absolute Gasteiger partial charge is 0.168 e. The third kappa shape index (κ3) is 6.48. The summed E-state index contributed by atoms with van der Waals surface area (Å²) in [7, 11) is 0. The van der Waals surface area contributed by atoms with Gasteiger partial charge in [0.05, 0.1) is 6.61 Å². The molecular formula is C26H35FO2. The van der Waals surface area contributed by atoms with Gasteiger partial charge < -0.3 is 9.47 Å². The van der Waals surface area contributed by atoms with Gasteiger partial charge in [-0.15, -0.1) is 0 Å². The molecule has 3 rings (SSSR count). The van der Waals surface area contributed by atoms with Crippen LogP contribution in [0.1, 0.15) is 82.3 Å². The standard InChI is InChI=1S/C26H35FO2/c1-3-5-6-17-28-24-15-16-26(25(27)18-24)29-19-21-9-13-23(14-10-21)22-11-7-20(4-2)8-12-22/h9-10,13-16,18,20,22H,3-8,11-12,17,19H2,1-2H3. The Hall–Kier alpha value is -2.03. The van der Waals surface area contributed by atoms with Crippen LogP contribution in [0.2, 0.25) is 0 Å². The van der Waals surface area contributed by atoms with Gasteiger partial charge in [0.15, 0.2) is 11.6 Å². The Bertz CT molecular complexity index is 733. The minimum Gasteiger partial charge on any atom is -0.493 e. The average Bonchev–Trinajstić information content (AvgIpc) is 2.76. The molecule has 0 spiro atoms. The molecule has 0 bridgehead atoms. The Labute approximate surface area is 175 Å². The number of halogens is 1. The highest BCUT2D eigenvalue weighted by Crippen LogP contribution is 2.37. The van der Waals surface area contributed by atoms with Gasteiger partial charge in [-0.3, -0.25) is 0 Å². The van der Waals surface area contributed by atoms with Gasteiger partial charge >= 0.3 is 0 Å². The van der Waals surface area contributed by atoms with Crippen molar-refractivity contribution in [2.24, 2.45) is 5.92 Å². The van der Waals surface area contributed by atoms with E-state index in [1.54, 1.807) is 12.1 Å². The second kappa shape index (κ2) is 11.2. The zero-order valence-corrected chi connectivity index (χ0v) is 18.0. The van der Waals surface area contributed by atoms with Gasteiger partial charge in [-0.05, 0) is 67.2 Å². The van der Waals surface area contributed by atoms with Crippen molar-refractivity contribution in [3.63, 3.8) is 0 Å². The molecule has 0 aliphatic heterocycles. The molecule has 0 radical (unpaired) electrons. The first-order valence-electron chi connectivity index (χ1n) is 11.3. The minimum atomic E-state index is -0.373. The lowest BCUT2D eigenvalue weighted by atomic mass is 9.78. The molecule has 0 N–H and O–H groups in total. The molecule has 0 unspecified atom stereocenters. The van der Waals surface area contributed by atoms with Gasteiger partial charge in [-0.1, -0.05) is 57.4 Å². The van der Waals surface area contributed by atoms with Crippen LogP contribution in [0.25, 0.3) is 0 Å². The predicted octanol–water partition coefficient (Wildman–Crippen LogP) is 7.66. The fraction of sp³-hybridized carbons (Fsp3) is 0.538. The number of hydrogen-bond acceptors (Lipinski definition) is 2. The molecule has 2 aromatic rings. The number of rotatable bonds is 10. The van der Waals surface area contributed by atoms with Gasteiger partial charge in [0, 0.05) is 6.07 Å². The van der Waals surface area contributed by atoms with Crippen LogP contribution in [-0.4, -0.2) is 6.61 Å². The van der Waals surface area contributed by atoms with Crippen molar-refractivity contribution < 1.29 is 13.9 Å². The summed E-state index contributed by atoms with van der Waals surface area (Å²) in [5, 5.41) is 0. The molecule has 0 atom stereocenters. The lowest BCUT2D eigenvalue weighted by Gasteiger charge is -2.28. The molecular weight excluding hydrogens is 363 g/mol. The van der Waals surface area contributed by atoms with Gasteiger partial charge in [-0.25, -0.2) is 4.39 Å². The highest BCUT2D eigenvalue weighted by Gasteiger charge is 2.21. The first-order chi connectivity index (χ1) is 14.2. The molecule has 1 saturated carbocycles. The summed E-state index contributed by atoms with van der Waals surface area (Å²) in [5.74, 6) is 2.07. The minimum absolute atomic E-state index is 0.271. The molecule has 1 aliphatic rings. The summed E-state index contributed by atoms with van der Waals surface area (Å²) in [4.78, 5) is 0. The number of unbranched alkanes of at least 4 members (excludes halogenated alkanes) is 2. The van der Waals surface area contributed by atoms with Crippen LogP contribution in [-0.2, 0) is 6.61 Å². The molecule has 29 heavy (non-hydrogen) atoms. The lowest BCUT2D eigenvalue weighted by Crippen LogP contribution is -2.12. The fourth-order valence-electron chi connectivity index (χ4n) is 4.18. The Morgan fingerprint density at radius 1 is 0.897 bits per heavy atom. The molecule has 0 saturated heterocycles. The molecule has 3 heteroatoms. The van der Waals surface area contributed by atoms with Crippen molar-refractivity contribution in [3.8, 4) is 11.5 Å². The molecule has 0 amide bonds. The zero-order valence-electron chi connectivity index (χ0n) is 18.0. The lowest BCUT2D eigenvalue weighted by molar-refractivity contribution is 0.283. The zero-order chi connectivity index (χ0) is 20.5. The maximum absolute atomic E-state index is 14.3. The summed E-state index contributed by atoms with van der Waals surface area (Å²) in [5.41, 5.74) is 2.49. The van der Waals surface area contributed by atoms with Crippen molar-refractivity contribution in [2.75, 3.05) is 6.61 Å². The van der Waals surface area contributed by atoms with E-state index < -0.39 is 0 Å². The van der Waals surface area contributed by atoms with Crippen LogP contribution < -0.4 is 9.47 Å². The number of ether oxygens (including phenoxy) is 2. The van der Waals surface area contributed by atoms with E-state index in [4.69, 9.17) is 9.47 Å². The monoisotopic (exact) mass is 398 g/mol. The van der Waals surface area contributed by atoms with E-state index in [0.29, 0.717) is 24.9 Å². The van der Waals surface area contributed by atoms with Crippen LogP contribution in [0, 0.1) is 11.7 Å². The average molecular weight is 399 g/mol. The van der Waals surface area contributed by atoms with Crippen LogP contribution in [0.3, 0.4) is 0 Å². The summed E-state index contributed by atoms with van der Waals surface area (Å²) >= 11 is 0. The van der Waals surface area contributed by atoms with Crippen molar-refractivity contribution >= 4 is 0 Å². The van der Waals surface area contributed by atoms with E-state index >= 15 is 0 Å². The SMILES string of the molecule is CCCCCOc1ccc(OCc2ccc(C3CCC(CC)CC3)cc2)c(F)c1. The highest BCUT2D eigenvalue weighted by atomic mass is 19.1. The normalized spacial score (nSPS) is 19.1. The molecule has 2 nitrogen and oxygen atoms in total. The van der Waals surface area contributed by atoms with Crippen LogP contribution >= 0.6 is 0 Å². The summed E-state index contributed by atoms with van der Waals surface area (Å²) in [6.45, 7) is 5.45. The van der Waals surface area contributed by atoms with Crippen molar-refractivity contribution in [1.82, 2.24) is 0 Å². The van der Waals surface area contributed by atoms with E-state index in [1.807, 2.05) is 0 Å².